The Bertz CT molecular complexity index is 1000. The summed E-state index contributed by atoms with van der Waals surface area (Å²) in [5.74, 6) is 0.222. The number of carbonyl (C=O) groups excluding carboxylic acids is 1. The second-order valence-electron chi connectivity index (χ2n) is 6.54. The monoisotopic (exact) mass is 419 g/mol. The highest BCUT2D eigenvalue weighted by molar-refractivity contribution is 8.00. The molecular formula is C19H22FN5O3S. The maximum Gasteiger partial charge on any atom is 0.277 e. The Balaban J connectivity index is 1.59. The van der Waals surface area contributed by atoms with Gasteiger partial charge in [-0.05, 0) is 52.0 Å². The van der Waals surface area contributed by atoms with Gasteiger partial charge in [-0.2, -0.15) is 5.10 Å². The van der Waals surface area contributed by atoms with E-state index < -0.39 is 11.4 Å². The molecule has 2 heterocycles. The predicted octanol–water partition coefficient (Wildman–Crippen LogP) is 3.82. The van der Waals surface area contributed by atoms with Crippen LogP contribution in [0.3, 0.4) is 0 Å². The number of nitrogens with one attached hydrogen (secondary N) is 1. The average molecular weight is 419 g/mol. The maximum absolute atomic E-state index is 13.0. The normalized spacial score (nSPS) is 13.2. The SMILES string of the molecule is Cc1nn(C)c(C)c1NC(=O)[C@H](C)Sc1nnc([C@H](C)Oc2ccc(F)cc2)o1. The third kappa shape index (κ3) is 4.94. The van der Waals surface area contributed by atoms with Crippen LogP contribution in [0.2, 0.25) is 0 Å². The summed E-state index contributed by atoms with van der Waals surface area (Å²) in [4.78, 5) is 12.5. The van der Waals surface area contributed by atoms with E-state index in [1.807, 2.05) is 20.9 Å². The lowest BCUT2D eigenvalue weighted by Crippen LogP contribution is -2.23. The maximum atomic E-state index is 13.0. The number of halogens is 1. The number of ether oxygens (including phenoxy) is 1. The van der Waals surface area contributed by atoms with Crippen LogP contribution in [0.5, 0.6) is 5.75 Å². The Labute approximate surface area is 171 Å². The third-order valence-electron chi connectivity index (χ3n) is 4.30. The molecule has 8 nitrogen and oxygen atoms in total. The van der Waals surface area contributed by atoms with Crippen LogP contribution in [0.1, 0.15) is 37.2 Å². The lowest BCUT2D eigenvalue weighted by molar-refractivity contribution is -0.115. The van der Waals surface area contributed by atoms with E-state index in [1.165, 1.54) is 24.3 Å². The van der Waals surface area contributed by atoms with E-state index in [2.05, 4.69) is 20.6 Å². The minimum absolute atomic E-state index is 0.190. The van der Waals surface area contributed by atoms with Gasteiger partial charge in [-0.3, -0.25) is 9.48 Å². The molecule has 0 saturated carbocycles. The number of carbonyl (C=O) groups is 1. The predicted molar refractivity (Wildman–Crippen MR) is 106 cm³/mol. The van der Waals surface area contributed by atoms with Crippen molar-refractivity contribution in [1.29, 1.82) is 0 Å². The van der Waals surface area contributed by atoms with Gasteiger partial charge in [-0.15, -0.1) is 10.2 Å². The minimum Gasteiger partial charge on any atom is -0.481 e. The van der Waals surface area contributed by atoms with E-state index in [9.17, 15) is 9.18 Å². The van der Waals surface area contributed by atoms with Crippen molar-refractivity contribution in [1.82, 2.24) is 20.0 Å². The molecule has 29 heavy (non-hydrogen) atoms. The van der Waals surface area contributed by atoms with Crippen molar-refractivity contribution in [2.24, 2.45) is 7.05 Å². The molecule has 0 bridgehead atoms. The van der Waals surface area contributed by atoms with Gasteiger partial charge in [-0.1, -0.05) is 11.8 Å². The van der Waals surface area contributed by atoms with Crippen molar-refractivity contribution in [3.05, 3.63) is 47.4 Å². The first kappa shape index (κ1) is 20.8. The summed E-state index contributed by atoms with van der Waals surface area (Å²) in [6.45, 7) is 7.23. The number of amides is 1. The molecule has 1 aromatic carbocycles. The third-order valence-corrected chi connectivity index (χ3v) is 5.23. The van der Waals surface area contributed by atoms with Gasteiger partial charge in [0.15, 0.2) is 6.10 Å². The van der Waals surface area contributed by atoms with E-state index in [0.717, 1.165) is 23.1 Å². The van der Waals surface area contributed by atoms with Crippen LogP contribution in [0, 0.1) is 19.7 Å². The lowest BCUT2D eigenvalue weighted by Gasteiger charge is -2.11. The minimum atomic E-state index is -0.521. The first-order chi connectivity index (χ1) is 13.7. The van der Waals surface area contributed by atoms with Gasteiger partial charge in [0.25, 0.3) is 11.1 Å². The molecule has 10 heteroatoms. The summed E-state index contributed by atoms with van der Waals surface area (Å²) in [7, 11) is 1.82. The number of benzene rings is 1. The molecule has 154 valence electrons. The molecule has 0 aliphatic rings. The van der Waals surface area contributed by atoms with E-state index in [-0.39, 0.29) is 22.8 Å². The zero-order valence-electron chi connectivity index (χ0n) is 16.8. The van der Waals surface area contributed by atoms with Crippen LogP contribution < -0.4 is 10.1 Å². The summed E-state index contributed by atoms with van der Waals surface area (Å²) in [6, 6.07) is 5.66. The number of thioether (sulfide) groups is 1. The lowest BCUT2D eigenvalue weighted by atomic mass is 10.3. The zero-order valence-corrected chi connectivity index (χ0v) is 17.6. The molecule has 0 fully saturated rings. The van der Waals surface area contributed by atoms with E-state index in [4.69, 9.17) is 9.15 Å². The first-order valence-electron chi connectivity index (χ1n) is 8.98. The van der Waals surface area contributed by atoms with Gasteiger partial charge in [0.05, 0.1) is 22.3 Å². The Kier molecular flexibility index (Phi) is 6.21. The Morgan fingerprint density at radius 1 is 1.24 bits per heavy atom. The molecule has 2 atom stereocenters. The molecule has 0 aliphatic heterocycles. The number of anilines is 1. The molecule has 3 aromatic rings. The molecule has 1 amide bonds. The van der Waals surface area contributed by atoms with E-state index in [0.29, 0.717) is 11.4 Å². The standard InChI is InChI=1S/C19H22FN5O3S/c1-10-16(11(2)25(5)24-10)21-17(26)13(4)29-19-23-22-18(28-19)12(3)27-15-8-6-14(20)7-9-15/h6-9,12-13H,1-5H3,(H,21,26)/t12-,13-/m0/s1. The molecule has 0 radical (unpaired) electrons. The first-order valence-corrected chi connectivity index (χ1v) is 9.86. The zero-order chi connectivity index (χ0) is 21.1. The highest BCUT2D eigenvalue weighted by atomic mass is 32.2. The van der Waals surface area contributed by atoms with Gasteiger partial charge >= 0.3 is 0 Å². The van der Waals surface area contributed by atoms with Crippen LogP contribution in [0.25, 0.3) is 0 Å². The highest BCUT2D eigenvalue weighted by Crippen LogP contribution is 2.27. The van der Waals surface area contributed by atoms with Crippen molar-refractivity contribution < 1.29 is 18.3 Å². The van der Waals surface area contributed by atoms with Gasteiger partial charge in [-0.25, -0.2) is 4.39 Å². The average Bonchev–Trinajstić information content (AvgIpc) is 3.23. The summed E-state index contributed by atoms with van der Waals surface area (Å²) >= 11 is 1.15. The van der Waals surface area contributed by atoms with Crippen molar-refractivity contribution in [3.8, 4) is 5.75 Å². The van der Waals surface area contributed by atoms with Gasteiger partial charge in [0.2, 0.25) is 5.91 Å². The molecule has 0 saturated heterocycles. The van der Waals surface area contributed by atoms with E-state index >= 15 is 0 Å². The molecular weight excluding hydrogens is 397 g/mol. The number of nitrogens with zero attached hydrogens (tertiary/aromatic N) is 4. The number of hydrogen-bond acceptors (Lipinski definition) is 7. The number of hydrogen-bond donors (Lipinski definition) is 1. The summed E-state index contributed by atoms with van der Waals surface area (Å²) in [5.41, 5.74) is 2.33. The molecule has 0 spiro atoms. The van der Waals surface area contributed by atoms with Crippen molar-refractivity contribution in [2.45, 2.75) is 44.3 Å². The molecule has 3 rings (SSSR count). The molecule has 2 aromatic heterocycles. The largest absolute Gasteiger partial charge is 0.481 e. The summed E-state index contributed by atoms with van der Waals surface area (Å²) < 4.78 is 26.0. The van der Waals surface area contributed by atoms with Crippen molar-refractivity contribution >= 4 is 23.4 Å². The van der Waals surface area contributed by atoms with Crippen molar-refractivity contribution in [3.63, 3.8) is 0 Å². The number of rotatable bonds is 7. The molecule has 0 aliphatic carbocycles. The number of aryl methyl sites for hydroxylation is 2. The second-order valence-corrected chi connectivity index (χ2v) is 7.83. The van der Waals surface area contributed by atoms with Gasteiger partial charge < -0.3 is 14.5 Å². The van der Waals surface area contributed by atoms with Crippen LogP contribution in [0.4, 0.5) is 10.1 Å². The quantitative estimate of drug-likeness (QED) is 0.582. The van der Waals surface area contributed by atoms with Crippen molar-refractivity contribution in [2.75, 3.05) is 5.32 Å². The highest BCUT2D eigenvalue weighted by Gasteiger charge is 2.22. The van der Waals surface area contributed by atoms with Crippen LogP contribution in [-0.2, 0) is 11.8 Å². The topological polar surface area (TPSA) is 95.1 Å². The fourth-order valence-electron chi connectivity index (χ4n) is 2.58. The number of aromatic nitrogens is 4. The van der Waals surface area contributed by atoms with Crippen LogP contribution >= 0.6 is 11.8 Å². The van der Waals surface area contributed by atoms with Crippen LogP contribution in [0.15, 0.2) is 33.9 Å². The summed E-state index contributed by atoms with van der Waals surface area (Å²) in [6.07, 6.45) is -0.521. The fourth-order valence-corrected chi connectivity index (χ4v) is 3.27. The Morgan fingerprint density at radius 3 is 2.55 bits per heavy atom. The Morgan fingerprint density at radius 2 is 1.93 bits per heavy atom. The molecule has 0 unspecified atom stereocenters. The van der Waals surface area contributed by atoms with Gasteiger partial charge in [0.1, 0.15) is 11.6 Å². The fraction of sp³-hybridized carbons (Fsp3) is 0.368. The summed E-state index contributed by atoms with van der Waals surface area (Å²) in [5, 5.41) is 14.9. The Hall–Kier alpha value is -2.88. The smallest absolute Gasteiger partial charge is 0.277 e. The van der Waals surface area contributed by atoms with Crippen LogP contribution in [-0.4, -0.2) is 31.1 Å². The van der Waals surface area contributed by atoms with E-state index in [1.54, 1.807) is 18.5 Å². The second kappa shape index (κ2) is 8.64. The molecule has 1 N–H and O–H groups in total. The van der Waals surface area contributed by atoms with Gasteiger partial charge in [0, 0.05) is 7.05 Å².